The van der Waals surface area contributed by atoms with Crippen molar-refractivity contribution >= 4 is 0 Å². The topological polar surface area (TPSA) is 50.3 Å². The largest absolute Gasteiger partial charge is 0.330 e. The Bertz CT molecular complexity index is 409. The van der Waals surface area contributed by atoms with E-state index in [1.54, 1.807) is 0 Å². The van der Waals surface area contributed by atoms with Gasteiger partial charge in [-0.05, 0) is 31.9 Å². The highest BCUT2D eigenvalue weighted by atomic mass is 15.3. The molecule has 0 bridgehead atoms. The predicted molar refractivity (Wildman–Crippen MR) is 87.2 cm³/mol. The third-order valence-corrected chi connectivity index (χ3v) is 4.53. The summed E-state index contributed by atoms with van der Waals surface area (Å²) in [5, 5.41) is 4.70. The first kappa shape index (κ1) is 16.5. The average molecular weight is 293 g/mol. The minimum absolute atomic E-state index is 0.494. The monoisotopic (exact) mass is 293 g/mol. The van der Waals surface area contributed by atoms with Crippen molar-refractivity contribution in [2.75, 3.05) is 39.3 Å². The van der Waals surface area contributed by atoms with Crippen LogP contribution in [0, 0.1) is 5.92 Å². The van der Waals surface area contributed by atoms with Crippen molar-refractivity contribution in [1.82, 2.24) is 19.6 Å². The Kier molecular flexibility index (Phi) is 6.21. The number of nitrogens with zero attached hydrogens (tertiary/aromatic N) is 4. The first-order valence-corrected chi connectivity index (χ1v) is 8.31. The normalized spacial score (nSPS) is 20.6. The van der Waals surface area contributed by atoms with Gasteiger partial charge in [0.1, 0.15) is 0 Å². The smallest absolute Gasteiger partial charge is 0.0764 e. The van der Waals surface area contributed by atoms with Crippen molar-refractivity contribution in [3.8, 4) is 0 Å². The highest BCUT2D eigenvalue weighted by Crippen LogP contribution is 2.12. The molecule has 2 unspecified atom stereocenters. The van der Waals surface area contributed by atoms with Crippen molar-refractivity contribution < 1.29 is 0 Å². The number of piperazine rings is 1. The number of aromatic nitrogens is 2. The molecule has 2 heterocycles. The Morgan fingerprint density at radius 3 is 2.48 bits per heavy atom. The summed E-state index contributed by atoms with van der Waals surface area (Å²) in [5.74, 6) is 0.600. The Labute approximate surface area is 129 Å². The molecule has 21 heavy (non-hydrogen) atoms. The summed E-state index contributed by atoms with van der Waals surface area (Å²) in [5.41, 5.74) is 6.90. The fourth-order valence-electron chi connectivity index (χ4n) is 2.77. The molecule has 120 valence electrons. The van der Waals surface area contributed by atoms with Gasteiger partial charge in [0.2, 0.25) is 0 Å². The van der Waals surface area contributed by atoms with Crippen LogP contribution in [-0.2, 0) is 6.54 Å². The van der Waals surface area contributed by atoms with Crippen LogP contribution in [-0.4, -0.2) is 58.8 Å². The van der Waals surface area contributed by atoms with Gasteiger partial charge in [-0.25, -0.2) is 0 Å². The molecule has 0 saturated carbocycles. The molecule has 0 radical (unpaired) electrons. The maximum absolute atomic E-state index is 5.71. The second-order valence-corrected chi connectivity index (χ2v) is 6.46. The summed E-state index contributed by atoms with van der Waals surface area (Å²) in [6, 6.07) is 2.66. The molecule has 1 saturated heterocycles. The lowest BCUT2D eigenvalue weighted by Crippen LogP contribution is -2.47. The van der Waals surface area contributed by atoms with Crippen LogP contribution in [0.5, 0.6) is 0 Å². The summed E-state index contributed by atoms with van der Waals surface area (Å²) in [6.45, 7) is 14.1. The molecular weight excluding hydrogens is 262 g/mol. The first-order chi connectivity index (χ1) is 10.1. The molecule has 1 aromatic rings. The third kappa shape index (κ3) is 4.80. The number of hydrogen-bond donors (Lipinski definition) is 1. The second kappa shape index (κ2) is 7.92. The van der Waals surface area contributed by atoms with Crippen molar-refractivity contribution in [3.63, 3.8) is 0 Å². The summed E-state index contributed by atoms with van der Waals surface area (Å²) in [7, 11) is 0. The van der Waals surface area contributed by atoms with Crippen molar-refractivity contribution in [2.24, 2.45) is 11.7 Å². The molecular formula is C16H31N5. The molecule has 2 rings (SSSR count). The van der Waals surface area contributed by atoms with E-state index < -0.39 is 0 Å². The highest BCUT2D eigenvalue weighted by Gasteiger charge is 2.19. The van der Waals surface area contributed by atoms with E-state index in [1.807, 2.05) is 0 Å². The molecule has 0 aliphatic carbocycles. The predicted octanol–water partition coefficient (Wildman–Crippen LogP) is 1.57. The maximum atomic E-state index is 5.71. The fourth-order valence-corrected chi connectivity index (χ4v) is 2.77. The van der Waals surface area contributed by atoms with Gasteiger partial charge in [-0.1, -0.05) is 13.8 Å². The number of hydrogen-bond acceptors (Lipinski definition) is 4. The minimum Gasteiger partial charge on any atom is -0.330 e. The van der Waals surface area contributed by atoms with Crippen LogP contribution in [0.1, 0.15) is 38.9 Å². The van der Waals surface area contributed by atoms with Crippen molar-refractivity contribution in [3.05, 3.63) is 18.0 Å². The third-order valence-electron chi connectivity index (χ3n) is 4.53. The highest BCUT2D eigenvalue weighted by molar-refractivity contribution is 5.00. The van der Waals surface area contributed by atoms with E-state index in [2.05, 4.69) is 47.5 Å². The lowest BCUT2D eigenvalue weighted by atomic mass is 10.1. The van der Waals surface area contributed by atoms with Gasteiger partial charge in [0.05, 0.1) is 5.69 Å². The van der Waals surface area contributed by atoms with Gasteiger partial charge < -0.3 is 10.6 Å². The summed E-state index contributed by atoms with van der Waals surface area (Å²) in [6.07, 6.45) is 3.24. The van der Waals surface area contributed by atoms with Gasteiger partial charge in [0.15, 0.2) is 0 Å². The number of rotatable bonds is 7. The molecule has 5 nitrogen and oxygen atoms in total. The van der Waals surface area contributed by atoms with Crippen molar-refractivity contribution in [2.45, 2.75) is 39.8 Å². The number of nitrogens with two attached hydrogens (primary N) is 1. The van der Waals surface area contributed by atoms with Crippen LogP contribution in [0.3, 0.4) is 0 Å². The molecule has 2 atom stereocenters. The van der Waals surface area contributed by atoms with Crippen LogP contribution in [0.2, 0.25) is 0 Å². The van der Waals surface area contributed by atoms with Crippen LogP contribution < -0.4 is 5.73 Å². The zero-order chi connectivity index (χ0) is 15.2. The standard InChI is InChI=1S/C16H31N5/c1-4-15(3)21-6-5-16(18-21)13-20-9-7-19(8-10-20)12-14(2)11-17/h5-6,14-15H,4,7-13,17H2,1-3H3. The Morgan fingerprint density at radius 1 is 1.19 bits per heavy atom. The summed E-state index contributed by atoms with van der Waals surface area (Å²) < 4.78 is 2.09. The van der Waals surface area contributed by atoms with E-state index in [-0.39, 0.29) is 0 Å². The molecule has 1 aliphatic heterocycles. The van der Waals surface area contributed by atoms with Gasteiger partial charge in [0, 0.05) is 51.5 Å². The summed E-state index contributed by atoms with van der Waals surface area (Å²) >= 11 is 0. The van der Waals surface area contributed by atoms with Gasteiger partial charge in [-0.15, -0.1) is 0 Å². The molecule has 1 fully saturated rings. The van der Waals surface area contributed by atoms with E-state index in [4.69, 9.17) is 10.8 Å². The lowest BCUT2D eigenvalue weighted by Gasteiger charge is -2.35. The average Bonchev–Trinajstić information content (AvgIpc) is 2.96. The van der Waals surface area contributed by atoms with E-state index in [0.29, 0.717) is 12.0 Å². The second-order valence-electron chi connectivity index (χ2n) is 6.46. The first-order valence-electron chi connectivity index (χ1n) is 8.31. The Hall–Kier alpha value is -0.910. The van der Waals surface area contributed by atoms with Gasteiger partial charge in [-0.2, -0.15) is 5.10 Å². The van der Waals surface area contributed by atoms with E-state index in [9.17, 15) is 0 Å². The molecule has 0 spiro atoms. The van der Waals surface area contributed by atoms with Gasteiger partial charge >= 0.3 is 0 Å². The molecule has 0 amide bonds. The maximum Gasteiger partial charge on any atom is 0.0764 e. The Morgan fingerprint density at radius 2 is 1.86 bits per heavy atom. The summed E-state index contributed by atoms with van der Waals surface area (Å²) in [4.78, 5) is 5.04. The van der Waals surface area contributed by atoms with E-state index >= 15 is 0 Å². The van der Waals surface area contributed by atoms with Crippen LogP contribution in [0.25, 0.3) is 0 Å². The quantitative estimate of drug-likeness (QED) is 0.829. The fraction of sp³-hybridized carbons (Fsp3) is 0.812. The van der Waals surface area contributed by atoms with Gasteiger partial charge in [0.25, 0.3) is 0 Å². The van der Waals surface area contributed by atoms with E-state index in [0.717, 1.165) is 52.2 Å². The Balaban J connectivity index is 1.77. The zero-order valence-corrected chi connectivity index (χ0v) is 13.8. The van der Waals surface area contributed by atoms with E-state index in [1.165, 1.54) is 5.69 Å². The van der Waals surface area contributed by atoms with Crippen molar-refractivity contribution in [1.29, 1.82) is 0 Å². The molecule has 5 heteroatoms. The lowest BCUT2D eigenvalue weighted by molar-refractivity contribution is 0.115. The van der Waals surface area contributed by atoms with Crippen LogP contribution in [0.15, 0.2) is 12.3 Å². The molecule has 0 aromatic carbocycles. The molecule has 1 aliphatic rings. The van der Waals surface area contributed by atoms with Crippen LogP contribution >= 0.6 is 0 Å². The SMILES string of the molecule is CCC(C)n1ccc(CN2CCN(CC(C)CN)CC2)n1. The minimum atomic E-state index is 0.494. The molecule has 2 N–H and O–H groups in total. The van der Waals surface area contributed by atoms with Crippen LogP contribution in [0.4, 0.5) is 0 Å². The van der Waals surface area contributed by atoms with Gasteiger partial charge in [-0.3, -0.25) is 9.58 Å². The zero-order valence-electron chi connectivity index (χ0n) is 13.8. The molecule has 1 aromatic heterocycles.